The molecule has 1 fully saturated rings. The molecule has 1 aliphatic heterocycles. The first-order valence-corrected chi connectivity index (χ1v) is 11.8. The molecule has 3 rings (SSSR count). The monoisotopic (exact) mass is 459 g/mol. The summed E-state index contributed by atoms with van der Waals surface area (Å²) in [6.45, 7) is 20.3. The summed E-state index contributed by atoms with van der Waals surface area (Å²) in [7, 11) is 0. The lowest BCUT2D eigenvalue weighted by molar-refractivity contribution is -0.131. The first kappa shape index (κ1) is 25.3. The van der Waals surface area contributed by atoms with Crippen LogP contribution < -0.4 is 10.6 Å². The van der Waals surface area contributed by atoms with Gasteiger partial charge in [0.1, 0.15) is 6.04 Å². The zero-order valence-corrected chi connectivity index (χ0v) is 21.3. The Kier molecular flexibility index (Phi) is 7.35. The SMILES string of the molecule is C=CC(C)(C)c1[nH]c2c(CC=C(C)C)cc(CC=C(C)C)cc2c1CC1NC(=O)C(=C)NC1=O. The van der Waals surface area contributed by atoms with Crippen molar-refractivity contribution in [1.29, 1.82) is 0 Å². The predicted octanol–water partition coefficient (Wildman–Crippen LogP) is 5.32. The van der Waals surface area contributed by atoms with Gasteiger partial charge in [0.2, 0.25) is 5.91 Å². The Morgan fingerprint density at radius 3 is 2.32 bits per heavy atom. The van der Waals surface area contributed by atoms with Crippen LogP contribution in [0.4, 0.5) is 0 Å². The summed E-state index contributed by atoms with van der Waals surface area (Å²) >= 11 is 0. The van der Waals surface area contributed by atoms with Crippen LogP contribution in [0.3, 0.4) is 0 Å². The fourth-order valence-corrected chi connectivity index (χ4v) is 4.22. The number of aromatic nitrogens is 1. The number of allylic oxidation sites excluding steroid dienone is 5. The number of hydrogen-bond donors (Lipinski definition) is 3. The largest absolute Gasteiger partial charge is 0.357 e. The summed E-state index contributed by atoms with van der Waals surface area (Å²) in [5, 5.41) is 6.52. The van der Waals surface area contributed by atoms with Crippen LogP contribution in [0, 0.1) is 0 Å². The average Bonchev–Trinajstić information content (AvgIpc) is 3.13. The second-order valence-electron chi connectivity index (χ2n) is 10.3. The predicted molar refractivity (Wildman–Crippen MR) is 141 cm³/mol. The molecule has 1 aliphatic rings. The Labute approximate surface area is 203 Å². The molecule has 1 aromatic heterocycles. The molecular weight excluding hydrogens is 422 g/mol. The molecule has 2 aromatic rings. The van der Waals surface area contributed by atoms with Crippen LogP contribution >= 0.6 is 0 Å². The Balaban J connectivity index is 2.23. The zero-order valence-electron chi connectivity index (χ0n) is 21.3. The van der Waals surface area contributed by atoms with Gasteiger partial charge in [0.15, 0.2) is 0 Å². The molecule has 1 saturated heterocycles. The van der Waals surface area contributed by atoms with E-state index in [-0.39, 0.29) is 22.9 Å². The number of nitrogens with one attached hydrogen (secondary N) is 3. The Morgan fingerprint density at radius 2 is 1.71 bits per heavy atom. The van der Waals surface area contributed by atoms with Gasteiger partial charge < -0.3 is 15.6 Å². The van der Waals surface area contributed by atoms with Crippen molar-refractivity contribution in [1.82, 2.24) is 15.6 Å². The van der Waals surface area contributed by atoms with E-state index in [1.165, 1.54) is 22.3 Å². The number of piperazine rings is 1. The van der Waals surface area contributed by atoms with Crippen molar-refractivity contribution in [2.24, 2.45) is 0 Å². The highest BCUT2D eigenvalue weighted by Gasteiger charge is 2.33. The van der Waals surface area contributed by atoms with E-state index in [0.717, 1.165) is 35.0 Å². The topological polar surface area (TPSA) is 74.0 Å². The van der Waals surface area contributed by atoms with Gasteiger partial charge >= 0.3 is 0 Å². The van der Waals surface area contributed by atoms with Crippen LogP contribution in [0.1, 0.15) is 63.9 Å². The van der Waals surface area contributed by atoms with E-state index in [9.17, 15) is 9.59 Å². The molecule has 0 bridgehead atoms. The number of carbonyl (C=O) groups is 2. The van der Waals surface area contributed by atoms with Crippen molar-refractivity contribution in [3.63, 3.8) is 0 Å². The van der Waals surface area contributed by atoms with E-state index < -0.39 is 6.04 Å². The summed E-state index contributed by atoms with van der Waals surface area (Å²) in [5.41, 5.74) is 7.84. The molecule has 0 spiro atoms. The summed E-state index contributed by atoms with van der Waals surface area (Å²) in [6, 6.07) is 3.82. The lowest BCUT2D eigenvalue weighted by Crippen LogP contribution is -2.55. The minimum Gasteiger partial charge on any atom is -0.357 e. The van der Waals surface area contributed by atoms with Gasteiger partial charge in [-0.05, 0) is 63.3 Å². The molecule has 180 valence electrons. The molecule has 3 N–H and O–H groups in total. The van der Waals surface area contributed by atoms with Gasteiger partial charge in [-0.1, -0.05) is 55.9 Å². The average molecular weight is 460 g/mol. The molecule has 2 amide bonds. The third kappa shape index (κ3) is 5.41. The van der Waals surface area contributed by atoms with E-state index >= 15 is 0 Å². The molecular formula is C29H37N3O2. The van der Waals surface area contributed by atoms with E-state index in [1.54, 1.807) is 0 Å². The molecule has 0 aliphatic carbocycles. The van der Waals surface area contributed by atoms with Gasteiger partial charge in [-0.15, -0.1) is 6.58 Å². The van der Waals surface area contributed by atoms with Crippen molar-refractivity contribution in [2.45, 2.75) is 72.3 Å². The van der Waals surface area contributed by atoms with Crippen molar-refractivity contribution in [3.8, 4) is 0 Å². The number of rotatable bonds is 8. The summed E-state index contributed by atoms with van der Waals surface area (Å²) in [6.07, 6.45) is 8.42. The highest BCUT2D eigenvalue weighted by Crippen LogP contribution is 2.36. The number of H-pyrrole nitrogens is 1. The van der Waals surface area contributed by atoms with Gasteiger partial charge in [-0.2, -0.15) is 0 Å². The van der Waals surface area contributed by atoms with Gasteiger partial charge in [0, 0.05) is 28.4 Å². The van der Waals surface area contributed by atoms with Crippen molar-refractivity contribution in [3.05, 3.63) is 82.7 Å². The number of benzene rings is 1. The Hall–Kier alpha value is -3.34. The molecule has 5 nitrogen and oxygen atoms in total. The zero-order chi connectivity index (χ0) is 25.2. The maximum atomic E-state index is 12.7. The fourth-order valence-electron chi connectivity index (χ4n) is 4.22. The van der Waals surface area contributed by atoms with Crippen LogP contribution in [-0.2, 0) is 34.3 Å². The first-order valence-electron chi connectivity index (χ1n) is 11.8. The van der Waals surface area contributed by atoms with Crippen LogP contribution in [0.15, 0.2) is 60.4 Å². The highest BCUT2D eigenvalue weighted by atomic mass is 16.2. The molecule has 2 heterocycles. The Morgan fingerprint density at radius 1 is 1.06 bits per heavy atom. The molecule has 1 atom stereocenters. The van der Waals surface area contributed by atoms with Gasteiger partial charge in [0.25, 0.3) is 5.91 Å². The number of amides is 2. The van der Waals surface area contributed by atoms with Crippen LogP contribution in [0.2, 0.25) is 0 Å². The molecule has 0 radical (unpaired) electrons. The van der Waals surface area contributed by atoms with E-state index in [4.69, 9.17) is 0 Å². The molecule has 5 heteroatoms. The van der Waals surface area contributed by atoms with Crippen LogP contribution in [0.5, 0.6) is 0 Å². The minimum atomic E-state index is -0.668. The van der Waals surface area contributed by atoms with Crippen LogP contribution in [0.25, 0.3) is 10.9 Å². The van der Waals surface area contributed by atoms with E-state index in [1.807, 2.05) is 6.08 Å². The van der Waals surface area contributed by atoms with Crippen molar-refractivity contribution in [2.75, 3.05) is 0 Å². The molecule has 0 saturated carbocycles. The molecule has 34 heavy (non-hydrogen) atoms. The maximum absolute atomic E-state index is 12.7. The standard InChI is InChI=1S/C29H37N3O2/c1-9-29(7,8)26-23(16-24-28(34)30-19(6)27(33)31-24)22-15-20(12-10-17(2)3)14-21(25(22)32-26)13-11-18(4)5/h9-11,14-15,24,32H,1,6,12-13,16H2,2-5,7-8H3,(H,30,34)(H,31,33). The highest BCUT2D eigenvalue weighted by molar-refractivity contribution is 6.04. The third-order valence-corrected chi connectivity index (χ3v) is 6.37. The summed E-state index contributed by atoms with van der Waals surface area (Å²) < 4.78 is 0. The van der Waals surface area contributed by atoms with E-state index in [0.29, 0.717) is 6.42 Å². The van der Waals surface area contributed by atoms with Gasteiger partial charge in [0.05, 0.1) is 5.70 Å². The molecule has 1 aromatic carbocycles. The second kappa shape index (κ2) is 9.88. The smallest absolute Gasteiger partial charge is 0.267 e. The lowest BCUT2D eigenvalue weighted by Gasteiger charge is -2.26. The third-order valence-electron chi connectivity index (χ3n) is 6.37. The van der Waals surface area contributed by atoms with Crippen molar-refractivity contribution >= 4 is 22.7 Å². The van der Waals surface area contributed by atoms with Gasteiger partial charge in [-0.25, -0.2) is 0 Å². The number of hydrogen-bond acceptors (Lipinski definition) is 2. The number of aromatic amines is 1. The summed E-state index contributed by atoms with van der Waals surface area (Å²) in [5.74, 6) is -0.589. The maximum Gasteiger partial charge on any atom is 0.267 e. The quantitative estimate of drug-likeness (QED) is 0.369. The van der Waals surface area contributed by atoms with Gasteiger partial charge in [-0.3, -0.25) is 9.59 Å². The molecule has 1 unspecified atom stereocenters. The normalized spacial score (nSPS) is 16.2. The lowest BCUT2D eigenvalue weighted by atomic mass is 9.84. The second-order valence-corrected chi connectivity index (χ2v) is 10.3. The minimum absolute atomic E-state index is 0.0832. The van der Waals surface area contributed by atoms with E-state index in [2.05, 4.69) is 94.6 Å². The van der Waals surface area contributed by atoms with Crippen molar-refractivity contribution < 1.29 is 9.59 Å². The first-order chi connectivity index (χ1) is 15.9. The number of carbonyl (C=O) groups excluding carboxylic acids is 2. The number of fused-ring (bicyclic) bond motifs is 1. The summed E-state index contributed by atoms with van der Waals surface area (Å²) in [4.78, 5) is 28.6. The Bertz CT molecular complexity index is 1220. The van der Waals surface area contributed by atoms with Crippen LogP contribution in [-0.4, -0.2) is 22.8 Å². The fraction of sp³-hybridized carbons (Fsp3) is 0.379.